The van der Waals surface area contributed by atoms with E-state index in [1.807, 2.05) is 13.8 Å². The summed E-state index contributed by atoms with van der Waals surface area (Å²) in [4.78, 5) is 38.2. The Kier molecular flexibility index (Phi) is 5.32. The number of carbonyl (C=O) groups is 3. The predicted molar refractivity (Wildman–Crippen MR) is 69.5 cm³/mol. The lowest BCUT2D eigenvalue weighted by Gasteiger charge is -2.36. The Balaban J connectivity index is 2.78. The number of aliphatic carboxylic acids is 1. The SMILES string of the molecule is CCN(CC)C(=O)C(C)N1CC(C(=O)O)CCC1=O. The van der Waals surface area contributed by atoms with E-state index in [2.05, 4.69) is 0 Å². The van der Waals surface area contributed by atoms with E-state index in [-0.39, 0.29) is 24.8 Å². The van der Waals surface area contributed by atoms with Gasteiger partial charge in [0.05, 0.1) is 5.92 Å². The summed E-state index contributed by atoms with van der Waals surface area (Å²) in [5, 5.41) is 9.03. The first-order valence-electron chi connectivity index (χ1n) is 6.73. The van der Waals surface area contributed by atoms with Crippen LogP contribution < -0.4 is 0 Å². The van der Waals surface area contributed by atoms with Crippen LogP contribution in [0.5, 0.6) is 0 Å². The summed E-state index contributed by atoms with van der Waals surface area (Å²) in [7, 11) is 0. The Bertz CT molecular complexity index is 366. The lowest BCUT2D eigenvalue weighted by molar-refractivity contribution is -0.153. The lowest BCUT2D eigenvalue weighted by Crippen LogP contribution is -2.53. The number of nitrogens with zero attached hydrogens (tertiary/aromatic N) is 2. The fourth-order valence-corrected chi connectivity index (χ4v) is 2.38. The van der Waals surface area contributed by atoms with Crippen molar-refractivity contribution in [1.82, 2.24) is 9.80 Å². The summed E-state index contributed by atoms with van der Waals surface area (Å²) in [6.07, 6.45) is 0.559. The molecule has 1 aliphatic rings. The molecule has 1 N–H and O–H groups in total. The Morgan fingerprint density at radius 3 is 2.47 bits per heavy atom. The summed E-state index contributed by atoms with van der Waals surface area (Å²) in [5.74, 6) is -1.72. The van der Waals surface area contributed by atoms with Gasteiger partial charge in [0.2, 0.25) is 11.8 Å². The molecule has 0 radical (unpaired) electrons. The summed E-state index contributed by atoms with van der Waals surface area (Å²) >= 11 is 0. The highest BCUT2D eigenvalue weighted by molar-refractivity contribution is 5.88. The van der Waals surface area contributed by atoms with Gasteiger partial charge in [0, 0.05) is 26.1 Å². The number of likely N-dealkylation sites (N-methyl/N-ethyl adjacent to an activating group) is 1. The van der Waals surface area contributed by atoms with Crippen molar-refractivity contribution in [3.05, 3.63) is 0 Å². The van der Waals surface area contributed by atoms with Crippen LogP contribution >= 0.6 is 0 Å². The van der Waals surface area contributed by atoms with Crippen LogP contribution in [0.1, 0.15) is 33.6 Å². The Labute approximate surface area is 113 Å². The van der Waals surface area contributed by atoms with Crippen molar-refractivity contribution >= 4 is 17.8 Å². The molecule has 6 heteroatoms. The van der Waals surface area contributed by atoms with Crippen LogP contribution in [-0.4, -0.2) is 58.4 Å². The Hall–Kier alpha value is -1.59. The van der Waals surface area contributed by atoms with Crippen LogP contribution in [0.15, 0.2) is 0 Å². The summed E-state index contributed by atoms with van der Waals surface area (Å²) in [6.45, 7) is 6.73. The second-order valence-corrected chi connectivity index (χ2v) is 4.81. The molecule has 1 heterocycles. The number of hydrogen-bond donors (Lipinski definition) is 1. The van der Waals surface area contributed by atoms with E-state index in [0.717, 1.165) is 0 Å². The van der Waals surface area contributed by atoms with Crippen molar-refractivity contribution in [2.24, 2.45) is 5.92 Å². The number of carboxylic acid groups (broad SMARTS) is 1. The van der Waals surface area contributed by atoms with Gasteiger partial charge in [-0.25, -0.2) is 0 Å². The highest BCUT2D eigenvalue weighted by Gasteiger charge is 2.35. The zero-order valence-electron chi connectivity index (χ0n) is 11.8. The molecule has 0 aromatic heterocycles. The highest BCUT2D eigenvalue weighted by atomic mass is 16.4. The maximum atomic E-state index is 12.2. The van der Waals surface area contributed by atoms with Crippen molar-refractivity contribution in [2.75, 3.05) is 19.6 Å². The van der Waals surface area contributed by atoms with Gasteiger partial charge >= 0.3 is 5.97 Å². The molecule has 0 spiro atoms. The number of amides is 2. The number of hydrogen-bond acceptors (Lipinski definition) is 3. The molecule has 0 saturated carbocycles. The smallest absolute Gasteiger partial charge is 0.308 e. The summed E-state index contributed by atoms with van der Waals surface area (Å²) in [5.41, 5.74) is 0. The van der Waals surface area contributed by atoms with Crippen molar-refractivity contribution < 1.29 is 19.5 Å². The van der Waals surface area contributed by atoms with Gasteiger partial charge in [0.15, 0.2) is 0 Å². The highest BCUT2D eigenvalue weighted by Crippen LogP contribution is 2.20. The zero-order chi connectivity index (χ0) is 14.6. The van der Waals surface area contributed by atoms with Gasteiger partial charge in [0.1, 0.15) is 6.04 Å². The Morgan fingerprint density at radius 2 is 2.00 bits per heavy atom. The monoisotopic (exact) mass is 270 g/mol. The second kappa shape index (κ2) is 6.54. The van der Waals surface area contributed by atoms with Crippen molar-refractivity contribution in [3.63, 3.8) is 0 Å². The molecule has 0 aromatic carbocycles. The van der Waals surface area contributed by atoms with Gasteiger partial charge in [-0.2, -0.15) is 0 Å². The molecule has 1 aliphatic heterocycles. The Morgan fingerprint density at radius 1 is 1.42 bits per heavy atom. The quantitative estimate of drug-likeness (QED) is 0.792. The van der Waals surface area contributed by atoms with Crippen molar-refractivity contribution in [1.29, 1.82) is 0 Å². The minimum absolute atomic E-state index is 0.121. The first-order valence-corrected chi connectivity index (χ1v) is 6.73. The first kappa shape index (κ1) is 15.5. The topological polar surface area (TPSA) is 77.9 Å². The molecule has 2 atom stereocenters. The summed E-state index contributed by atoms with van der Waals surface area (Å²) in [6, 6.07) is -0.588. The van der Waals surface area contributed by atoms with Crippen LogP contribution in [0.2, 0.25) is 0 Å². The van der Waals surface area contributed by atoms with E-state index >= 15 is 0 Å². The molecule has 0 aliphatic carbocycles. The van der Waals surface area contributed by atoms with Gasteiger partial charge in [0.25, 0.3) is 0 Å². The van der Waals surface area contributed by atoms with Gasteiger partial charge in [-0.3, -0.25) is 14.4 Å². The van der Waals surface area contributed by atoms with Crippen LogP contribution in [0.4, 0.5) is 0 Å². The molecule has 2 amide bonds. The molecular formula is C13H22N2O4. The van der Waals surface area contributed by atoms with Gasteiger partial charge in [-0.1, -0.05) is 0 Å². The molecule has 0 aromatic rings. The zero-order valence-corrected chi connectivity index (χ0v) is 11.8. The molecular weight excluding hydrogens is 248 g/mol. The molecule has 1 fully saturated rings. The van der Waals surface area contributed by atoms with E-state index in [9.17, 15) is 14.4 Å². The van der Waals surface area contributed by atoms with Crippen LogP contribution in [0.25, 0.3) is 0 Å². The number of carbonyl (C=O) groups excluding carboxylic acids is 2. The first-order chi connectivity index (χ1) is 8.92. The lowest BCUT2D eigenvalue weighted by atomic mass is 9.96. The maximum Gasteiger partial charge on any atom is 0.308 e. The molecule has 6 nitrogen and oxygen atoms in total. The van der Waals surface area contributed by atoms with E-state index in [0.29, 0.717) is 19.5 Å². The molecule has 1 saturated heterocycles. The van der Waals surface area contributed by atoms with Gasteiger partial charge < -0.3 is 14.9 Å². The predicted octanol–water partition coefficient (Wildman–Crippen LogP) is 0.566. The van der Waals surface area contributed by atoms with Crippen LogP contribution in [0, 0.1) is 5.92 Å². The van der Waals surface area contributed by atoms with Gasteiger partial charge in [-0.15, -0.1) is 0 Å². The molecule has 108 valence electrons. The van der Waals surface area contributed by atoms with Crippen LogP contribution in [-0.2, 0) is 14.4 Å². The normalized spacial score (nSPS) is 21.1. The third kappa shape index (κ3) is 3.45. The summed E-state index contributed by atoms with van der Waals surface area (Å²) < 4.78 is 0. The van der Waals surface area contributed by atoms with Crippen molar-refractivity contribution in [3.8, 4) is 0 Å². The second-order valence-electron chi connectivity index (χ2n) is 4.81. The third-order valence-electron chi connectivity index (χ3n) is 3.69. The number of carboxylic acids is 1. The molecule has 1 rings (SSSR count). The average Bonchev–Trinajstić information content (AvgIpc) is 2.39. The fraction of sp³-hybridized carbons (Fsp3) is 0.769. The van der Waals surface area contributed by atoms with Crippen molar-refractivity contribution in [2.45, 2.75) is 39.7 Å². The average molecular weight is 270 g/mol. The minimum Gasteiger partial charge on any atom is -0.481 e. The molecule has 0 bridgehead atoms. The maximum absolute atomic E-state index is 12.2. The third-order valence-corrected chi connectivity index (χ3v) is 3.69. The number of piperidine rings is 1. The number of rotatable bonds is 5. The van der Waals surface area contributed by atoms with E-state index in [1.165, 1.54) is 4.90 Å². The van der Waals surface area contributed by atoms with Gasteiger partial charge in [-0.05, 0) is 27.2 Å². The number of likely N-dealkylation sites (tertiary alicyclic amines) is 1. The van der Waals surface area contributed by atoms with E-state index in [4.69, 9.17) is 5.11 Å². The van der Waals surface area contributed by atoms with E-state index in [1.54, 1.807) is 11.8 Å². The largest absolute Gasteiger partial charge is 0.481 e. The fourth-order valence-electron chi connectivity index (χ4n) is 2.38. The van der Waals surface area contributed by atoms with E-state index < -0.39 is 17.9 Å². The van der Waals surface area contributed by atoms with Crippen LogP contribution in [0.3, 0.4) is 0 Å². The minimum atomic E-state index is -0.903. The molecule has 2 unspecified atom stereocenters. The standard InChI is InChI=1S/C13H22N2O4/c1-4-14(5-2)12(17)9(3)15-8-10(13(18)19)6-7-11(15)16/h9-10H,4-8H2,1-3H3,(H,18,19). The molecule has 19 heavy (non-hydrogen) atoms.